The van der Waals surface area contributed by atoms with Crippen molar-refractivity contribution >= 4 is 11.5 Å². The quantitative estimate of drug-likeness (QED) is 0.314. The van der Waals surface area contributed by atoms with E-state index in [1.54, 1.807) is 25.1 Å². The number of oxime groups is 1. The van der Waals surface area contributed by atoms with Crippen molar-refractivity contribution in [2.45, 2.75) is 13.3 Å². The van der Waals surface area contributed by atoms with Crippen LogP contribution >= 0.6 is 0 Å². The lowest BCUT2D eigenvalue weighted by atomic mass is 10.1. The Balaban J connectivity index is 3.21. The average molecular weight is 273 g/mol. The van der Waals surface area contributed by atoms with E-state index >= 15 is 0 Å². The van der Waals surface area contributed by atoms with Crippen LogP contribution in [0.5, 0.6) is 0 Å². The maximum Gasteiger partial charge on any atom is 0.255 e. The van der Waals surface area contributed by atoms with Gasteiger partial charge in [0.2, 0.25) is 0 Å². The number of amidine groups is 1. The molecule has 0 spiro atoms. The van der Waals surface area contributed by atoms with Crippen LogP contribution in [0.1, 0.15) is 11.1 Å². The zero-order valence-electron chi connectivity index (χ0n) is 10.6. The molecule has 0 unspecified atom stereocenters. The molecule has 0 heterocycles. The topological polar surface area (TPSA) is 82.1 Å². The summed E-state index contributed by atoms with van der Waals surface area (Å²) in [6.07, 6.45) is -2.55. The Labute approximate surface area is 109 Å². The number of nitrogens with zero attached hydrogens (tertiary/aromatic N) is 2. The van der Waals surface area contributed by atoms with Crippen LogP contribution < -0.4 is 10.6 Å². The van der Waals surface area contributed by atoms with Crippen molar-refractivity contribution < 1.29 is 19.1 Å². The Kier molecular flexibility index (Phi) is 5.50. The van der Waals surface area contributed by atoms with Gasteiger partial charge < -0.3 is 20.9 Å². The van der Waals surface area contributed by atoms with Gasteiger partial charge in [0.1, 0.15) is 0 Å². The van der Waals surface area contributed by atoms with Gasteiger partial charge in [0.25, 0.3) is 6.43 Å². The van der Waals surface area contributed by atoms with Crippen molar-refractivity contribution in [2.75, 3.05) is 24.6 Å². The summed E-state index contributed by atoms with van der Waals surface area (Å²) in [5, 5.41) is 20.6. The van der Waals surface area contributed by atoms with Crippen LogP contribution in [0, 0.1) is 6.92 Å². The molecule has 0 atom stereocenters. The molecule has 0 aliphatic carbocycles. The van der Waals surface area contributed by atoms with Gasteiger partial charge in [0, 0.05) is 17.8 Å². The third-order valence-electron chi connectivity index (χ3n) is 2.60. The molecule has 4 N–H and O–H groups in total. The third-order valence-corrected chi connectivity index (χ3v) is 2.60. The maximum atomic E-state index is 12.6. The Morgan fingerprint density at radius 3 is 2.68 bits per heavy atom. The first-order valence-electron chi connectivity index (χ1n) is 5.72. The number of aryl methyl sites for hydroxylation is 1. The molecule has 0 aliphatic rings. The van der Waals surface area contributed by atoms with Gasteiger partial charge in [0.15, 0.2) is 5.84 Å². The molecule has 19 heavy (non-hydrogen) atoms. The van der Waals surface area contributed by atoms with Gasteiger partial charge in [-0.2, -0.15) is 0 Å². The molecule has 0 fully saturated rings. The third kappa shape index (κ3) is 4.06. The molecule has 1 aromatic carbocycles. The van der Waals surface area contributed by atoms with Gasteiger partial charge in [-0.05, 0) is 19.1 Å². The molecule has 0 aliphatic heterocycles. The molecule has 0 bridgehead atoms. The first-order chi connectivity index (χ1) is 8.99. The Morgan fingerprint density at radius 2 is 2.16 bits per heavy atom. The predicted molar refractivity (Wildman–Crippen MR) is 69.0 cm³/mol. The van der Waals surface area contributed by atoms with Crippen molar-refractivity contribution in [3.63, 3.8) is 0 Å². The standard InChI is InChI=1S/C12H17F2N3O2/c1-8-2-3-10(9(6-8)12(15)16-19)17(4-5-18)7-11(13)14/h2-3,6,11,18-19H,4-5,7H2,1H3,(H2,15,16). The number of hydrogen-bond donors (Lipinski definition) is 3. The molecule has 0 saturated carbocycles. The fourth-order valence-corrected chi connectivity index (χ4v) is 1.78. The van der Waals surface area contributed by atoms with E-state index in [0.29, 0.717) is 11.3 Å². The van der Waals surface area contributed by atoms with Crippen molar-refractivity contribution in [2.24, 2.45) is 10.9 Å². The van der Waals surface area contributed by atoms with Gasteiger partial charge in [0.05, 0.1) is 13.2 Å². The van der Waals surface area contributed by atoms with E-state index in [9.17, 15) is 8.78 Å². The number of alkyl halides is 2. The van der Waals surface area contributed by atoms with Crippen molar-refractivity contribution in [1.29, 1.82) is 0 Å². The van der Waals surface area contributed by atoms with Crippen LogP contribution in [0.4, 0.5) is 14.5 Å². The number of halogens is 2. The molecule has 1 rings (SSSR count). The van der Waals surface area contributed by atoms with Gasteiger partial charge in [-0.3, -0.25) is 0 Å². The number of aliphatic hydroxyl groups excluding tert-OH is 1. The first-order valence-corrected chi connectivity index (χ1v) is 5.72. The summed E-state index contributed by atoms with van der Waals surface area (Å²) in [6, 6.07) is 4.99. The fraction of sp³-hybridized carbons (Fsp3) is 0.417. The number of rotatable bonds is 6. The van der Waals surface area contributed by atoms with E-state index in [2.05, 4.69) is 5.16 Å². The zero-order chi connectivity index (χ0) is 14.4. The van der Waals surface area contributed by atoms with Crippen molar-refractivity contribution in [3.8, 4) is 0 Å². The predicted octanol–water partition coefficient (Wildman–Crippen LogP) is 1.15. The van der Waals surface area contributed by atoms with E-state index in [-0.39, 0.29) is 19.0 Å². The van der Waals surface area contributed by atoms with Crippen LogP contribution in [-0.4, -0.2) is 42.3 Å². The van der Waals surface area contributed by atoms with Gasteiger partial charge >= 0.3 is 0 Å². The highest BCUT2D eigenvalue weighted by atomic mass is 19.3. The zero-order valence-corrected chi connectivity index (χ0v) is 10.6. The number of hydrogen-bond acceptors (Lipinski definition) is 4. The van der Waals surface area contributed by atoms with Crippen LogP contribution in [0.3, 0.4) is 0 Å². The normalized spacial score (nSPS) is 11.9. The van der Waals surface area contributed by atoms with Crippen LogP contribution in [0.15, 0.2) is 23.4 Å². The maximum absolute atomic E-state index is 12.6. The minimum Gasteiger partial charge on any atom is -0.409 e. The second kappa shape index (κ2) is 6.89. The molecular formula is C12H17F2N3O2. The van der Waals surface area contributed by atoms with E-state index < -0.39 is 13.0 Å². The molecule has 1 aromatic rings. The summed E-state index contributed by atoms with van der Waals surface area (Å²) in [4.78, 5) is 1.30. The van der Waals surface area contributed by atoms with E-state index in [4.69, 9.17) is 16.0 Å². The average Bonchev–Trinajstić information content (AvgIpc) is 2.36. The molecule has 0 aromatic heterocycles. The summed E-state index contributed by atoms with van der Waals surface area (Å²) >= 11 is 0. The highest BCUT2D eigenvalue weighted by Gasteiger charge is 2.17. The summed E-state index contributed by atoms with van der Waals surface area (Å²) in [5.74, 6) is -0.157. The van der Waals surface area contributed by atoms with Gasteiger partial charge in [-0.1, -0.05) is 16.8 Å². The number of benzene rings is 1. The molecular weight excluding hydrogens is 256 g/mol. The fourth-order valence-electron chi connectivity index (χ4n) is 1.78. The van der Waals surface area contributed by atoms with E-state index in [1.807, 2.05) is 0 Å². The van der Waals surface area contributed by atoms with E-state index in [0.717, 1.165) is 5.56 Å². The monoisotopic (exact) mass is 273 g/mol. The SMILES string of the molecule is Cc1ccc(N(CCO)CC(F)F)c(/C(N)=N/O)c1. The minimum atomic E-state index is -2.55. The molecule has 106 valence electrons. The van der Waals surface area contributed by atoms with Crippen molar-refractivity contribution in [3.05, 3.63) is 29.3 Å². The minimum absolute atomic E-state index is 0.0408. The van der Waals surface area contributed by atoms with Gasteiger partial charge in [-0.15, -0.1) is 0 Å². The highest BCUT2D eigenvalue weighted by Crippen LogP contribution is 2.22. The highest BCUT2D eigenvalue weighted by molar-refractivity contribution is 6.02. The van der Waals surface area contributed by atoms with Crippen LogP contribution in [0.25, 0.3) is 0 Å². The summed E-state index contributed by atoms with van der Waals surface area (Å²) in [7, 11) is 0. The lowest BCUT2D eigenvalue weighted by molar-refractivity contribution is 0.153. The van der Waals surface area contributed by atoms with Gasteiger partial charge in [-0.25, -0.2) is 8.78 Å². The first kappa shape index (κ1) is 15.2. The van der Waals surface area contributed by atoms with Crippen LogP contribution in [-0.2, 0) is 0 Å². The van der Waals surface area contributed by atoms with Crippen LogP contribution in [0.2, 0.25) is 0 Å². The lowest BCUT2D eigenvalue weighted by Crippen LogP contribution is -2.33. The molecule has 0 saturated heterocycles. The second-order valence-corrected chi connectivity index (χ2v) is 4.07. The van der Waals surface area contributed by atoms with E-state index in [1.165, 1.54) is 4.90 Å². The molecule has 5 nitrogen and oxygen atoms in total. The lowest BCUT2D eigenvalue weighted by Gasteiger charge is -2.26. The summed E-state index contributed by atoms with van der Waals surface area (Å²) in [5.41, 5.74) is 7.16. The molecule has 7 heteroatoms. The summed E-state index contributed by atoms with van der Waals surface area (Å²) < 4.78 is 25.1. The number of nitrogens with two attached hydrogens (primary N) is 1. The smallest absolute Gasteiger partial charge is 0.255 e. The second-order valence-electron chi connectivity index (χ2n) is 4.07. The largest absolute Gasteiger partial charge is 0.409 e. The molecule has 0 amide bonds. The Morgan fingerprint density at radius 1 is 1.47 bits per heavy atom. The summed E-state index contributed by atoms with van der Waals surface area (Å²) in [6.45, 7) is 1.05. The Bertz CT molecular complexity index is 453. The number of aliphatic hydroxyl groups is 1. The van der Waals surface area contributed by atoms with Crippen molar-refractivity contribution in [1.82, 2.24) is 0 Å². The Hall–Kier alpha value is -1.89. The number of anilines is 1. The molecule has 0 radical (unpaired) electrons.